The molecule has 0 aromatic heterocycles. The summed E-state index contributed by atoms with van der Waals surface area (Å²) in [4.78, 5) is 40.0. The van der Waals surface area contributed by atoms with Gasteiger partial charge < -0.3 is 21.3 Å². The Bertz CT molecular complexity index is 637. The molecule has 0 spiro atoms. The highest BCUT2D eigenvalue weighted by Gasteiger charge is 2.42. The summed E-state index contributed by atoms with van der Waals surface area (Å²) in [6, 6.07) is 4.62. The van der Waals surface area contributed by atoms with Crippen LogP contribution in [0.15, 0.2) is 24.3 Å². The van der Waals surface area contributed by atoms with Crippen LogP contribution >= 0.6 is 0 Å². The molecule has 1 heterocycles. The SMILES string of the molecule is CCNC(=O)N1CCN(C(=O)c2ccc(F)cc2)C1C(=O)NCCN. The van der Waals surface area contributed by atoms with Crippen LogP contribution in [0, 0.1) is 5.82 Å². The zero-order valence-electron chi connectivity index (χ0n) is 14.0. The Morgan fingerprint density at radius 1 is 1.16 bits per heavy atom. The molecule has 4 amide bonds. The van der Waals surface area contributed by atoms with E-state index in [9.17, 15) is 18.8 Å². The van der Waals surface area contributed by atoms with Crippen molar-refractivity contribution in [3.63, 3.8) is 0 Å². The van der Waals surface area contributed by atoms with Crippen molar-refractivity contribution in [2.75, 3.05) is 32.7 Å². The molecule has 0 aliphatic carbocycles. The Morgan fingerprint density at radius 3 is 2.40 bits per heavy atom. The maximum Gasteiger partial charge on any atom is 0.319 e. The zero-order chi connectivity index (χ0) is 18.4. The molecule has 1 unspecified atom stereocenters. The summed E-state index contributed by atoms with van der Waals surface area (Å²) >= 11 is 0. The number of halogens is 1. The van der Waals surface area contributed by atoms with Gasteiger partial charge in [0.2, 0.25) is 0 Å². The normalized spacial score (nSPS) is 16.7. The molecule has 1 aliphatic heterocycles. The second kappa shape index (κ2) is 8.43. The highest BCUT2D eigenvalue weighted by molar-refractivity contribution is 5.99. The van der Waals surface area contributed by atoms with Crippen molar-refractivity contribution in [1.29, 1.82) is 0 Å². The fraction of sp³-hybridized carbons (Fsp3) is 0.438. The van der Waals surface area contributed by atoms with E-state index in [2.05, 4.69) is 10.6 Å². The average Bonchev–Trinajstić information content (AvgIpc) is 3.05. The lowest BCUT2D eigenvalue weighted by Crippen LogP contribution is -2.56. The predicted octanol–water partition coefficient (Wildman–Crippen LogP) is -0.286. The van der Waals surface area contributed by atoms with Crippen LogP contribution in [0.3, 0.4) is 0 Å². The number of nitrogens with one attached hydrogen (secondary N) is 2. The first-order chi connectivity index (χ1) is 12.0. The molecule has 1 aromatic rings. The molecule has 1 atom stereocenters. The van der Waals surface area contributed by atoms with Crippen LogP contribution in [-0.4, -0.2) is 66.5 Å². The third kappa shape index (κ3) is 4.24. The van der Waals surface area contributed by atoms with E-state index < -0.39 is 29.8 Å². The number of benzene rings is 1. The van der Waals surface area contributed by atoms with Gasteiger partial charge in [-0.2, -0.15) is 0 Å². The Balaban J connectivity index is 2.25. The minimum atomic E-state index is -1.07. The molecule has 2 rings (SSSR count). The first-order valence-corrected chi connectivity index (χ1v) is 8.08. The summed E-state index contributed by atoms with van der Waals surface area (Å²) in [6.07, 6.45) is -1.07. The van der Waals surface area contributed by atoms with Crippen molar-refractivity contribution in [1.82, 2.24) is 20.4 Å². The number of rotatable bonds is 5. The minimum Gasteiger partial charge on any atom is -0.351 e. The Morgan fingerprint density at radius 2 is 1.80 bits per heavy atom. The maximum absolute atomic E-state index is 13.1. The number of amides is 4. The van der Waals surface area contributed by atoms with Gasteiger partial charge in [0.15, 0.2) is 6.17 Å². The van der Waals surface area contributed by atoms with Crippen molar-refractivity contribution < 1.29 is 18.8 Å². The quantitative estimate of drug-likeness (QED) is 0.678. The molecule has 1 aromatic carbocycles. The second-order valence-electron chi connectivity index (χ2n) is 5.49. The molecule has 0 saturated carbocycles. The monoisotopic (exact) mass is 351 g/mol. The molecule has 8 nitrogen and oxygen atoms in total. The number of hydrogen-bond donors (Lipinski definition) is 3. The summed E-state index contributed by atoms with van der Waals surface area (Å²) in [7, 11) is 0. The van der Waals surface area contributed by atoms with Crippen LogP contribution in [0.5, 0.6) is 0 Å². The van der Waals surface area contributed by atoms with Gasteiger partial charge in [0.1, 0.15) is 5.82 Å². The van der Waals surface area contributed by atoms with Crippen molar-refractivity contribution in [3.05, 3.63) is 35.6 Å². The number of hydrogen-bond acceptors (Lipinski definition) is 4. The van der Waals surface area contributed by atoms with E-state index in [0.29, 0.717) is 6.54 Å². The third-order valence-electron chi connectivity index (χ3n) is 3.79. The molecular weight excluding hydrogens is 329 g/mol. The largest absolute Gasteiger partial charge is 0.351 e. The summed E-state index contributed by atoms with van der Waals surface area (Å²) in [5.74, 6) is -1.39. The molecule has 4 N–H and O–H groups in total. The standard InChI is InChI=1S/C16H22FN5O3/c1-2-19-16(25)22-10-9-21(14(22)13(23)20-8-7-18)15(24)11-3-5-12(17)6-4-11/h3-6,14H,2,7-10,18H2,1H3,(H,19,25)(H,20,23). The number of nitrogens with two attached hydrogens (primary N) is 1. The van der Waals surface area contributed by atoms with Gasteiger partial charge in [-0.3, -0.25) is 14.5 Å². The van der Waals surface area contributed by atoms with Crippen molar-refractivity contribution in [2.24, 2.45) is 5.73 Å². The Labute approximate surface area is 145 Å². The first kappa shape index (κ1) is 18.7. The van der Waals surface area contributed by atoms with Gasteiger partial charge in [0.05, 0.1) is 0 Å². The van der Waals surface area contributed by atoms with E-state index in [0.717, 1.165) is 0 Å². The molecule has 1 aliphatic rings. The van der Waals surface area contributed by atoms with Crippen LogP contribution in [0.2, 0.25) is 0 Å². The second-order valence-corrected chi connectivity index (χ2v) is 5.49. The summed E-state index contributed by atoms with van der Waals surface area (Å²) < 4.78 is 13.1. The molecule has 0 bridgehead atoms. The van der Waals surface area contributed by atoms with E-state index in [4.69, 9.17) is 5.73 Å². The van der Waals surface area contributed by atoms with Crippen molar-refractivity contribution >= 4 is 17.8 Å². The van der Waals surface area contributed by atoms with Gasteiger partial charge in [0.25, 0.3) is 11.8 Å². The fourth-order valence-electron chi connectivity index (χ4n) is 2.63. The zero-order valence-corrected chi connectivity index (χ0v) is 14.0. The Kier molecular flexibility index (Phi) is 6.29. The lowest BCUT2D eigenvalue weighted by Gasteiger charge is -2.29. The summed E-state index contributed by atoms with van der Waals surface area (Å²) in [5.41, 5.74) is 5.64. The molecule has 9 heteroatoms. The molecular formula is C16H22FN5O3. The molecule has 1 fully saturated rings. The van der Waals surface area contributed by atoms with Gasteiger partial charge in [-0.1, -0.05) is 0 Å². The predicted molar refractivity (Wildman–Crippen MR) is 89.1 cm³/mol. The van der Waals surface area contributed by atoms with Gasteiger partial charge in [0, 0.05) is 38.3 Å². The topological polar surface area (TPSA) is 108 Å². The Hall–Kier alpha value is -2.68. The van der Waals surface area contributed by atoms with Crippen LogP contribution in [0.25, 0.3) is 0 Å². The van der Waals surface area contributed by atoms with Crippen molar-refractivity contribution in [3.8, 4) is 0 Å². The van der Waals surface area contributed by atoms with Crippen LogP contribution in [0.1, 0.15) is 17.3 Å². The lowest BCUT2D eigenvalue weighted by atomic mass is 10.2. The smallest absolute Gasteiger partial charge is 0.319 e. The fourth-order valence-corrected chi connectivity index (χ4v) is 2.63. The highest BCUT2D eigenvalue weighted by Crippen LogP contribution is 2.19. The highest BCUT2D eigenvalue weighted by atomic mass is 19.1. The maximum atomic E-state index is 13.1. The number of nitrogens with zero attached hydrogens (tertiary/aromatic N) is 2. The van der Waals surface area contributed by atoms with E-state index in [-0.39, 0.29) is 31.7 Å². The number of carbonyl (C=O) groups excluding carboxylic acids is 3. The molecule has 25 heavy (non-hydrogen) atoms. The van der Waals surface area contributed by atoms with E-state index in [1.54, 1.807) is 6.92 Å². The molecule has 0 radical (unpaired) electrons. The minimum absolute atomic E-state index is 0.202. The lowest BCUT2D eigenvalue weighted by molar-refractivity contribution is -0.127. The van der Waals surface area contributed by atoms with E-state index in [1.807, 2.05) is 0 Å². The summed E-state index contributed by atoms with van der Waals surface area (Å²) in [6.45, 7) is 3.06. The van der Waals surface area contributed by atoms with Gasteiger partial charge in [-0.25, -0.2) is 9.18 Å². The van der Waals surface area contributed by atoms with Gasteiger partial charge in [-0.05, 0) is 31.2 Å². The first-order valence-electron chi connectivity index (χ1n) is 8.08. The van der Waals surface area contributed by atoms with Crippen LogP contribution in [0.4, 0.5) is 9.18 Å². The third-order valence-corrected chi connectivity index (χ3v) is 3.79. The van der Waals surface area contributed by atoms with Crippen LogP contribution < -0.4 is 16.4 Å². The van der Waals surface area contributed by atoms with E-state index >= 15 is 0 Å². The number of urea groups is 1. The van der Waals surface area contributed by atoms with Gasteiger partial charge in [-0.15, -0.1) is 0 Å². The van der Waals surface area contributed by atoms with Crippen molar-refractivity contribution in [2.45, 2.75) is 13.1 Å². The van der Waals surface area contributed by atoms with Gasteiger partial charge >= 0.3 is 6.03 Å². The molecule has 1 saturated heterocycles. The van der Waals surface area contributed by atoms with Crippen LogP contribution in [-0.2, 0) is 4.79 Å². The number of carbonyl (C=O) groups is 3. The average molecular weight is 351 g/mol. The molecule has 136 valence electrons. The van der Waals surface area contributed by atoms with E-state index in [1.165, 1.54) is 34.1 Å². The summed E-state index contributed by atoms with van der Waals surface area (Å²) in [5, 5.41) is 5.24.